The van der Waals surface area contributed by atoms with Crippen molar-refractivity contribution in [2.75, 3.05) is 13.1 Å². The van der Waals surface area contributed by atoms with Crippen molar-refractivity contribution in [1.29, 1.82) is 0 Å². The first-order valence-corrected chi connectivity index (χ1v) is 14.3. The second-order valence-electron chi connectivity index (χ2n) is 9.12. The molecule has 1 aliphatic carbocycles. The monoisotopic (exact) mass is 488 g/mol. The van der Waals surface area contributed by atoms with Crippen molar-refractivity contribution in [2.45, 2.75) is 82.5 Å². The van der Waals surface area contributed by atoms with Crippen LogP contribution in [0, 0.1) is 11.8 Å². The fourth-order valence-corrected chi connectivity index (χ4v) is 5.64. The predicted molar refractivity (Wildman–Crippen MR) is 148 cm³/mol. The number of hydrogen-bond donors (Lipinski definition) is 3. The molecule has 0 radical (unpaired) electrons. The van der Waals surface area contributed by atoms with Gasteiger partial charge < -0.3 is 5.11 Å². The van der Waals surface area contributed by atoms with E-state index >= 15 is 0 Å². The smallest absolute Gasteiger partial charge is 0.0896 e. The van der Waals surface area contributed by atoms with E-state index in [1.54, 1.807) is 11.9 Å². The van der Waals surface area contributed by atoms with E-state index in [4.69, 9.17) is 0 Å². The lowest BCUT2D eigenvalue weighted by Crippen LogP contribution is -2.35. The average Bonchev–Trinajstić information content (AvgIpc) is 2.84. The number of benzene rings is 2. The first-order chi connectivity index (χ1) is 16.0. The van der Waals surface area contributed by atoms with Crippen molar-refractivity contribution >= 4 is 23.9 Å². The van der Waals surface area contributed by atoms with Gasteiger partial charge in [0, 0.05) is 23.2 Å². The summed E-state index contributed by atoms with van der Waals surface area (Å²) in [5, 5.41) is 11.9. The van der Waals surface area contributed by atoms with Gasteiger partial charge in [-0.1, -0.05) is 89.0 Å². The Morgan fingerprint density at radius 2 is 1.58 bits per heavy atom. The third kappa shape index (κ3) is 9.65. The Balaban J connectivity index is 0.00000187. The second kappa shape index (κ2) is 15.1. The SMILES string of the molecule is CC.CC(C)SNCC(C)C1CCC(O)(c2ccc(CCNSc3ccccc3)cc2)CC1. The van der Waals surface area contributed by atoms with Gasteiger partial charge in [-0.15, -0.1) is 0 Å². The van der Waals surface area contributed by atoms with Gasteiger partial charge in [-0.25, -0.2) is 0 Å². The molecule has 0 aromatic heterocycles. The third-order valence-corrected chi connectivity index (χ3v) is 7.99. The van der Waals surface area contributed by atoms with E-state index in [9.17, 15) is 5.11 Å². The third-order valence-electron chi connectivity index (χ3n) is 6.33. The quantitative estimate of drug-likeness (QED) is 0.230. The second-order valence-corrected chi connectivity index (χ2v) is 11.5. The van der Waals surface area contributed by atoms with E-state index in [0.717, 1.165) is 50.8 Å². The van der Waals surface area contributed by atoms with Crippen LogP contribution in [0.2, 0.25) is 0 Å². The minimum absolute atomic E-state index is 0.616. The molecule has 5 heteroatoms. The van der Waals surface area contributed by atoms with Gasteiger partial charge in [-0.3, -0.25) is 9.44 Å². The van der Waals surface area contributed by atoms with Crippen molar-refractivity contribution in [3.8, 4) is 0 Å². The summed E-state index contributed by atoms with van der Waals surface area (Å²) in [7, 11) is 0. The summed E-state index contributed by atoms with van der Waals surface area (Å²) in [6, 6.07) is 19.0. The summed E-state index contributed by atoms with van der Waals surface area (Å²) < 4.78 is 6.95. The zero-order chi connectivity index (χ0) is 24.1. The molecule has 2 aromatic carbocycles. The standard InChI is InChI=1S/C26H38N2OS2.C2H6/c1-20(2)30-28-19-21(3)23-13-16-26(29,17-14-23)24-11-9-22(10-12-24)15-18-27-31-25-7-5-4-6-8-25;1-2/h4-12,20-21,23,27-29H,13-19H2,1-3H3;1-2H3. The molecule has 3 nitrogen and oxygen atoms in total. The van der Waals surface area contributed by atoms with Gasteiger partial charge in [0.2, 0.25) is 0 Å². The van der Waals surface area contributed by atoms with Crippen LogP contribution in [-0.4, -0.2) is 23.4 Å². The largest absolute Gasteiger partial charge is 0.385 e. The molecule has 0 bridgehead atoms. The Kier molecular flexibility index (Phi) is 12.9. The fourth-order valence-electron chi connectivity index (χ4n) is 4.29. The molecule has 0 heterocycles. The molecule has 184 valence electrons. The van der Waals surface area contributed by atoms with Crippen molar-refractivity contribution in [1.82, 2.24) is 9.44 Å². The highest BCUT2D eigenvalue weighted by atomic mass is 32.2. The molecule has 1 atom stereocenters. The fraction of sp³-hybridized carbons (Fsp3) is 0.571. The molecular weight excluding hydrogens is 444 g/mol. The molecule has 0 saturated heterocycles. The first-order valence-electron chi connectivity index (χ1n) is 12.6. The van der Waals surface area contributed by atoms with Gasteiger partial charge in [0.1, 0.15) is 0 Å². The van der Waals surface area contributed by atoms with E-state index in [1.807, 2.05) is 31.9 Å². The van der Waals surface area contributed by atoms with Crippen molar-refractivity contribution in [3.63, 3.8) is 0 Å². The molecule has 1 aliphatic rings. The summed E-state index contributed by atoms with van der Waals surface area (Å²) in [4.78, 5) is 1.24. The maximum Gasteiger partial charge on any atom is 0.0896 e. The number of aliphatic hydroxyl groups is 1. The van der Waals surface area contributed by atoms with Crippen LogP contribution in [0.3, 0.4) is 0 Å². The van der Waals surface area contributed by atoms with E-state index in [-0.39, 0.29) is 0 Å². The highest BCUT2D eigenvalue weighted by Gasteiger charge is 2.36. The molecule has 1 unspecified atom stereocenters. The Bertz CT molecular complexity index is 759. The molecule has 0 aliphatic heterocycles. The van der Waals surface area contributed by atoms with Gasteiger partial charge in [0.15, 0.2) is 0 Å². The lowest BCUT2D eigenvalue weighted by Gasteiger charge is -2.38. The van der Waals surface area contributed by atoms with Crippen LogP contribution in [0.15, 0.2) is 59.5 Å². The normalized spacial score (nSPS) is 21.4. The Morgan fingerprint density at radius 1 is 0.939 bits per heavy atom. The van der Waals surface area contributed by atoms with Crippen LogP contribution < -0.4 is 9.44 Å². The van der Waals surface area contributed by atoms with Gasteiger partial charge in [-0.2, -0.15) is 0 Å². The molecule has 0 amide bonds. The molecule has 1 fully saturated rings. The highest BCUT2D eigenvalue weighted by molar-refractivity contribution is 7.98. The van der Waals surface area contributed by atoms with Crippen molar-refractivity contribution < 1.29 is 5.11 Å². The summed E-state index contributed by atoms with van der Waals surface area (Å²) in [5.41, 5.74) is 1.74. The van der Waals surface area contributed by atoms with Crippen LogP contribution in [0.4, 0.5) is 0 Å². The van der Waals surface area contributed by atoms with Crippen LogP contribution in [0.1, 0.15) is 71.4 Å². The van der Waals surface area contributed by atoms with E-state index in [2.05, 4.69) is 78.7 Å². The van der Waals surface area contributed by atoms with Crippen LogP contribution in [0.25, 0.3) is 0 Å². The number of hydrogen-bond acceptors (Lipinski definition) is 5. The molecule has 33 heavy (non-hydrogen) atoms. The van der Waals surface area contributed by atoms with Gasteiger partial charge in [-0.05, 0) is 79.1 Å². The van der Waals surface area contributed by atoms with Crippen molar-refractivity contribution in [2.24, 2.45) is 11.8 Å². The summed E-state index contributed by atoms with van der Waals surface area (Å²) in [6.07, 6.45) is 4.93. The molecule has 1 saturated carbocycles. The molecule has 2 aromatic rings. The average molecular weight is 489 g/mol. The molecular formula is C28H44N2OS2. The van der Waals surface area contributed by atoms with Gasteiger partial charge in [0.05, 0.1) is 5.60 Å². The molecule has 3 N–H and O–H groups in total. The van der Waals surface area contributed by atoms with Crippen LogP contribution in [0.5, 0.6) is 0 Å². The zero-order valence-corrected chi connectivity index (χ0v) is 22.8. The van der Waals surface area contributed by atoms with Crippen molar-refractivity contribution in [3.05, 3.63) is 65.7 Å². The summed E-state index contributed by atoms with van der Waals surface area (Å²) in [6.45, 7) is 12.8. The maximum absolute atomic E-state index is 11.3. The number of nitrogens with one attached hydrogen (secondary N) is 2. The highest BCUT2D eigenvalue weighted by Crippen LogP contribution is 2.41. The Morgan fingerprint density at radius 3 is 2.18 bits per heavy atom. The van der Waals surface area contributed by atoms with Crippen LogP contribution in [-0.2, 0) is 12.0 Å². The topological polar surface area (TPSA) is 44.3 Å². The predicted octanol–water partition coefficient (Wildman–Crippen LogP) is 7.21. The zero-order valence-electron chi connectivity index (χ0n) is 21.1. The van der Waals surface area contributed by atoms with E-state index in [1.165, 1.54) is 10.5 Å². The maximum atomic E-state index is 11.3. The Hall–Kier alpha value is -0.980. The Labute approximate surface area is 211 Å². The number of rotatable bonds is 11. The summed E-state index contributed by atoms with van der Waals surface area (Å²) >= 11 is 3.50. The molecule has 3 rings (SSSR count). The van der Waals surface area contributed by atoms with Gasteiger partial charge in [0.25, 0.3) is 0 Å². The molecule has 0 spiro atoms. The van der Waals surface area contributed by atoms with E-state index < -0.39 is 5.60 Å². The van der Waals surface area contributed by atoms with Gasteiger partial charge >= 0.3 is 0 Å². The minimum atomic E-state index is -0.656. The summed E-state index contributed by atoms with van der Waals surface area (Å²) in [5.74, 6) is 1.35. The lowest BCUT2D eigenvalue weighted by molar-refractivity contribution is -0.0207. The van der Waals surface area contributed by atoms with Crippen LogP contribution >= 0.6 is 23.9 Å². The van der Waals surface area contributed by atoms with E-state index in [0.29, 0.717) is 17.1 Å². The minimum Gasteiger partial charge on any atom is -0.385 e. The lowest BCUT2D eigenvalue weighted by atomic mass is 9.71. The first kappa shape index (κ1) is 28.3.